The summed E-state index contributed by atoms with van der Waals surface area (Å²) in [6, 6.07) is 2.55. The smallest absolute Gasteiger partial charge is 0.254 e. The van der Waals surface area contributed by atoms with E-state index in [2.05, 4.69) is 10.4 Å². The first-order valence-electron chi connectivity index (χ1n) is 8.24. The molecule has 1 fully saturated rings. The average Bonchev–Trinajstić information content (AvgIpc) is 3.14. The van der Waals surface area contributed by atoms with Crippen LogP contribution in [-0.2, 0) is 23.1 Å². The minimum absolute atomic E-state index is 0.0642. The van der Waals surface area contributed by atoms with Gasteiger partial charge in [0, 0.05) is 50.1 Å². The van der Waals surface area contributed by atoms with E-state index >= 15 is 0 Å². The molecule has 134 valence electrons. The third kappa shape index (κ3) is 3.90. The van der Waals surface area contributed by atoms with Gasteiger partial charge in [0.25, 0.3) is 5.56 Å². The van der Waals surface area contributed by atoms with Crippen LogP contribution in [0.2, 0.25) is 0 Å². The van der Waals surface area contributed by atoms with Crippen LogP contribution in [0, 0.1) is 6.92 Å². The van der Waals surface area contributed by atoms with Crippen LogP contribution in [0.3, 0.4) is 0 Å². The highest BCUT2D eigenvalue weighted by Crippen LogP contribution is 2.28. The largest absolute Gasteiger partial charge is 0.508 e. The second-order valence-electron chi connectivity index (χ2n) is 6.30. The van der Waals surface area contributed by atoms with Gasteiger partial charge < -0.3 is 19.7 Å². The maximum atomic E-state index is 12.3. The fraction of sp³-hybridized carbons (Fsp3) is 0.471. The molecule has 0 aromatic carbocycles. The molecule has 1 aliphatic rings. The van der Waals surface area contributed by atoms with Crippen LogP contribution in [0.5, 0.6) is 5.75 Å². The van der Waals surface area contributed by atoms with Crippen molar-refractivity contribution in [2.75, 3.05) is 6.61 Å². The zero-order chi connectivity index (χ0) is 18.0. The molecule has 2 atom stereocenters. The van der Waals surface area contributed by atoms with Crippen LogP contribution in [0.4, 0.5) is 0 Å². The van der Waals surface area contributed by atoms with Gasteiger partial charge in [-0.3, -0.25) is 14.3 Å². The Balaban J connectivity index is 1.60. The Bertz CT molecular complexity index is 826. The number of nitrogens with zero attached hydrogens (tertiary/aromatic N) is 3. The van der Waals surface area contributed by atoms with Gasteiger partial charge in [0.05, 0.1) is 12.2 Å². The Hall–Kier alpha value is -2.61. The van der Waals surface area contributed by atoms with Gasteiger partial charge >= 0.3 is 0 Å². The number of hydrogen-bond acceptors (Lipinski definition) is 5. The Morgan fingerprint density at radius 2 is 2.28 bits per heavy atom. The maximum absolute atomic E-state index is 12.3. The van der Waals surface area contributed by atoms with E-state index in [1.54, 1.807) is 17.8 Å². The second-order valence-corrected chi connectivity index (χ2v) is 6.30. The van der Waals surface area contributed by atoms with Crippen LogP contribution in [0.15, 0.2) is 29.3 Å². The standard InChI is InChI=1S/C17H22N4O4/c1-11-7-13(22)8-16(24)21(11)5-3-15(23)19-14-4-6-25-17(14)12-9-18-20(2)10-12/h7-10,14,17,22H,3-6H2,1-2H3,(H,19,23)/t14-,17+/m0/s1. The number of aromatic nitrogens is 3. The summed E-state index contributed by atoms with van der Waals surface area (Å²) in [6.07, 6.45) is 4.35. The molecule has 0 bridgehead atoms. The number of carbonyl (C=O) groups excluding carboxylic acids is 1. The van der Waals surface area contributed by atoms with E-state index in [1.165, 1.54) is 10.6 Å². The van der Waals surface area contributed by atoms with E-state index in [4.69, 9.17) is 4.74 Å². The molecule has 0 unspecified atom stereocenters. The zero-order valence-electron chi connectivity index (χ0n) is 14.3. The summed E-state index contributed by atoms with van der Waals surface area (Å²) < 4.78 is 8.91. The Kier molecular flexibility index (Phi) is 4.89. The molecule has 0 spiro atoms. The number of amides is 1. The molecule has 3 rings (SSSR count). The summed E-state index contributed by atoms with van der Waals surface area (Å²) in [7, 11) is 1.84. The number of rotatable bonds is 5. The predicted octanol–water partition coefficient (Wildman–Crippen LogP) is 0.632. The molecule has 2 aromatic rings. The highest BCUT2D eigenvalue weighted by atomic mass is 16.5. The molecular weight excluding hydrogens is 324 g/mol. The normalized spacial score (nSPS) is 19.9. The quantitative estimate of drug-likeness (QED) is 0.827. The predicted molar refractivity (Wildman–Crippen MR) is 90.2 cm³/mol. The van der Waals surface area contributed by atoms with E-state index in [0.29, 0.717) is 12.3 Å². The molecule has 1 amide bonds. The van der Waals surface area contributed by atoms with Gasteiger partial charge in [-0.25, -0.2) is 0 Å². The van der Waals surface area contributed by atoms with Crippen molar-refractivity contribution in [1.82, 2.24) is 19.7 Å². The number of hydrogen-bond donors (Lipinski definition) is 2. The lowest BCUT2D eigenvalue weighted by molar-refractivity contribution is -0.122. The third-order valence-corrected chi connectivity index (χ3v) is 4.37. The Morgan fingerprint density at radius 3 is 2.96 bits per heavy atom. The first-order chi connectivity index (χ1) is 11.9. The molecule has 2 N–H and O–H groups in total. The molecule has 8 nitrogen and oxygen atoms in total. The van der Waals surface area contributed by atoms with Crippen molar-refractivity contribution >= 4 is 5.91 Å². The van der Waals surface area contributed by atoms with Crippen LogP contribution in [0.25, 0.3) is 0 Å². The highest BCUT2D eigenvalue weighted by Gasteiger charge is 2.31. The molecule has 0 radical (unpaired) electrons. The summed E-state index contributed by atoms with van der Waals surface area (Å²) in [5.74, 6) is -0.200. The fourth-order valence-electron chi connectivity index (χ4n) is 3.14. The minimum atomic E-state index is -0.317. The highest BCUT2D eigenvalue weighted by molar-refractivity contribution is 5.76. The number of pyridine rings is 1. The molecule has 0 aliphatic carbocycles. The summed E-state index contributed by atoms with van der Waals surface area (Å²) in [5.41, 5.74) is 1.24. The molecular formula is C17H22N4O4. The first kappa shape index (κ1) is 17.2. The number of carbonyl (C=O) groups is 1. The molecule has 2 aromatic heterocycles. The van der Waals surface area contributed by atoms with Gasteiger partial charge in [0.2, 0.25) is 5.91 Å². The summed E-state index contributed by atoms with van der Waals surface area (Å²) in [6.45, 7) is 2.57. The van der Waals surface area contributed by atoms with E-state index in [-0.39, 0.29) is 42.3 Å². The zero-order valence-corrected chi connectivity index (χ0v) is 14.3. The molecule has 0 saturated carbocycles. The van der Waals surface area contributed by atoms with Gasteiger partial charge in [-0.05, 0) is 19.4 Å². The lowest BCUT2D eigenvalue weighted by Gasteiger charge is -2.19. The molecule has 25 heavy (non-hydrogen) atoms. The second kappa shape index (κ2) is 7.10. The van der Waals surface area contributed by atoms with E-state index in [0.717, 1.165) is 18.1 Å². The van der Waals surface area contributed by atoms with Crippen molar-refractivity contribution < 1.29 is 14.6 Å². The van der Waals surface area contributed by atoms with Crippen molar-refractivity contribution in [3.63, 3.8) is 0 Å². The van der Waals surface area contributed by atoms with Crippen molar-refractivity contribution in [2.45, 2.75) is 38.5 Å². The SMILES string of the molecule is Cc1cc(O)cc(=O)n1CCC(=O)N[C@H]1CCO[C@@H]1c1cnn(C)c1. The lowest BCUT2D eigenvalue weighted by Crippen LogP contribution is -2.37. The van der Waals surface area contributed by atoms with Crippen LogP contribution >= 0.6 is 0 Å². The average molecular weight is 346 g/mol. The van der Waals surface area contributed by atoms with Crippen LogP contribution < -0.4 is 10.9 Å². The first-order valence-corrected chi connectivity index (χ1v) is 8.24. The van der Waals surface area contributed by atoms with Crippen molar-refractivity contribution in [1.29, 1.82) is 0 Å². The summed E-state index contributed by atoms with van der Waals surface area (Å²) in [5, 5.41) is 16.5. The maximum Gasteiger partial charge on any atom is 0.254 e. The summed E-state index contributed by atoms with van der Waals surface area (Å²) in [4.78, 5) is 24.2. The number of ether oxygens (including phenoxy) is 1. The van der Waals surface area contributed by atoms with Crippen molar-refractivity contribution in [3.05, 3.63) is 46.1 Å². The van der Waals surface area contributed by atoms with Crippen molar-refractivity contribution in [2.24, 2.45) is 7.05 Å². The topological polar surface area (TPSA) is 98.4 Å². The molecule has 8 heteroatoms. The molecule has 3 heterocycles. The number of aromatic hydroxyl groups is 1. The van der Waals surface area contributed by atoms with Gasteiger partial charge in [0.15, 0.2) is 0 Å². The monoisotopic (exact) mass is 346 g/mol. The number of aryl methyl sites for hydroxylation is 2. The molecule has 1 saturated heterocycles. The Labute approximate surface area is 145 Å². The van der Waals surface area contributed by atoms with Crippen LogP contribution in [-0.4, -0.2) is 38.0 Å². The lowest BCUT2D eigenvalue weighted by atomic mass is 10.1. The van der Waals surface area contributed by atoms with Crippen molar-refractivity contribution in [3.8, 4) is 5.75 Å². The van der Waals surface area contributed by atoms with E-state index < -0.39 is 0 Å². The minimum Gasteiger partial charge on any atom is -0.508 e. The summed E-state index contributed by atoms with van der Waals surface area (Å²) >= 11 is 0. The van der Waals surface area contributed by atoms with Gasteiger partial charge in [0.1, 0.15) is 11.9 Å². The Morgan fingerprint density at radius 1 is 1.48 bits per heavy atom. The van der Waals surface area contributed by atoms with E-state index in [1.807, 2.05) is 13.2 Å². The third-order valence-electron chi connectivity index (χ3n) is 4.37. The van der Waals surface area contributed by atoms with Gasteiger partial charge in [-0.2, -0.15) is 5.10 Å². The molecule has 1 aliphatic heterocycles. The van der Waals surface area contributed by atoms with Crippen LogP contribution in [0.1, 0.15) is 30.2 Å². The van der Waals surface area contributed by atoms with Gasteiger partial charge in [-0.15, -0.1) is 0 Å². The fourth-order valence-corrected chi connectivity index (χ4v) is 3.14. The van der Waals surface area contributed by atoms with Gasteiger partial charge in [-0.1, -0.05) is 0 Å². The van der Waals surface area contributed by atoms with E-state index in [9.17, 15) is 14.7 Å². The number of nitrogens with one attached hydrogen (secondary N) is 1.